The first-order valence-electron chi connectivity index (χ1n) is 7.45. The van der Waals surface area contributed by atoms with Gasteiger partial charge in [-0.15, -0.1) is 0 Å². The van der Waals surface area contributed by atoms with E-state index in [-0.39, 0.29) is 5.69 Å². The van der Waals surface area contributed by atoms with E-state index in [1.807, 2.05) is 0 Å². The van der Waals surface area contributed by atoms with Crippen LogP contribution in [0.5, 0.6) is 0 Å². The Morgan fingerprint density at radius 2 is 2.00 bits per heavy atom. The number of aryl methyl sites for hydroxylation is 1. The topological polar surface area (TPSA) is 98.0 Å². The lowest BCUT2D eigenvalue weighted by atomic mass is 9.84. The fourth-order valence-corrected chi connectivity index (χ4v) is 2.74. The summed E-state index contributed by atoms with van der Waals surface area (Å²) >= 11 is 0. The highest BCUT2D eigenvalue weighted by Gasteiger charge is 2.24. The Morgan fingerprint density at radius 1 is 1.29 bits per heavy atom. The molecule has 21 heavy (non-hydrogen) atoms. The minimum atomic E-state index is -0.635. The van der Waals surface area contributed by atoms with Crippen LogP contribution >= 0.6 is 0 Å². The number of rotatable bonds is 5. The van der Waals surface area contributed by atoms with Crippen LogP contribution < -0.4 is 11.1 Å². The summed E-state index contributed by atoms with van der Waals surface area (Å²) in [5, 5.41) is 2.68. The van der Waals surface area contributed by atoms with Crippen LogP contribution in [0.4, 0.5) is 0 Å². The van der Waals surface area contributed by atoms with Gasteiger partial charge in [-0.25, -0.2) is 4.98 Å². The van der Waals surface area contributed by atoms with Crippen LogP contribution in [0, 0.1) is 12.8 Å². The number of amides is 2. The highest BCUT2D eigenvalue weighted by Crippen LogP contribution is 2.27. The highest BCUT2D eigenvalue weighted by atomic mass is 16.2. The van der Waals surface area contributed by atoms with Crippen LogP contribution in [0.1, 0.15) is 54.7 Å². The summed E-state index contributed by atoms with van der Waals surface area (Å²) in [6.45, 7) is 1.80. The lowest BCUT2D eigenvalue weighted by Crippen LogP contribution is -2.46. The predicted molar refractivity (Wildman–Crippen MR) is 78.4 cm³/mol. The predicted octanol–water partition coefficient (Wildman–Crippen LogP) is 1.34. The first-order chi connectivity index (χ1) is 10.1. The molecule has 0 bridgehead atoms. The fourth-order valence-electron chi connectivity index (χ4n) is 2.74. The van der Waals surface area contributed by atoms with E-state index in [4.69, 9.17) is 5.73 Å². The molecule has 0 radical (unpaired) electrons. The van der Waals surface area contributed by atoms with Gasteiger partial charge in [-0.2, -0.15) is 0 Å². The molecule has 1 atom stereocenters. The lowest BCUT2D eigenvalue weighted by molar-refractivity contribution is -0.120. The molecule has 0 aliphatic heterocycles. The monoisotopic (exact) mass is 290 g/mol. The Kier molecular flexibility index (Phi) is 5.25. The van der Waals surface area contributed by atoms with E-state index in [1.165, 1.54) is 31.7 Å². The number of nitrogens with two attached hydrogens (primary N) is 1. The number of primary amides is 1. The fraction of sp³-hybridized carbons (Fsp3) is 0.600. The molecular weight excluding hydrogens is 268 g/mol. The standard InChI is InChI=1S/C15H22N4O2/c1-10-8-18-13(9-17-10)15(21)19-12(14(16)20)7-11-5-3-2-4-6-11/h8-9,11-12H,2-7H2,1H3,(H2,16,20)(H,19,21). The molecule has 1 aliphatic carbocycles. The van der Waals surface area contributed by atoms with Gasteiger partial charge in [-0.05, 0) is 19.3 Å². The molecular formula is C15H22N4O2. The average Bonchev–Trinajstić information content (AvgIpc) is 2.48. The number of nitrogens with one attached hydrogen (secondary N) is 1. The van der Waals surface area contributed by atoms with Gasteiger partial charge in [0.2, 0.25) is 5.91 Å². The maximum Gasteiger partial charge on any atom is 0.272 e. The molecule has 1 heterocycles. The van der Waals surface area contributed by atoms with Crippen molar-refractivity contribution in [2.75, 3.05) is 0 Å². The number of aromatic nitrogens is 2. The molecule has 6 heteroatoms. The molecule has 2 amide bonds. The third kappa shape index (κ3) is 4.51. The van der Waals surface area contributed by atoms with E-state index in [2.05, 4.69) is 15.3 Å². The molecule has 3 N–H and O–H groups in total. The first kappa shape index (κ1) is 15.4. The molecule has 6 nitrogen and oxygen atoms in total. The van der Waals surface area contributed by atoms with E-state index < -0.39 is 17.9 Å². The molecule has 1 saturated carbocycles. The van der Waals surface area contributed by atoms with Gasteiger partial charge < -0.3 is 11.1 Å². The highest BCUT2D eigenvalue weighted by molar-refractivity contribution is 5.95. The maximum atomic E-state index is 12.1. The Bertz CT molecular complexity index is 495. The normalized spacial score (nSPS) is 17.2. The number of nitrogens with zero attached hydrogens (tertiary/aromatic N) is 2. The summed E-state index contributed by atoms with van der Waals surface area (Å²) in [5.74, 6) is -0.434. The SMILES string of the molecule is Cc1cnc(C(=O)NC(CC2CCCCC2)C(N)=O)cn1. The van der Waals surface area contributed by atoms with E-state index in [0.29, 0.717) is 12.3 Å². The second-order valence-electron chi connectivity index (χ2n) is 5.71. The lowest BCUT2D eigenvalue weighted by Gasteiger charge is -2.25. The van der Waals surface area contributed by atoms with Crippen molar-refractivity contribution in [3.05, 3.63) is 23.8 Å². The van der Waals surface area contributed by atoms with Crippen molar-refractivity contribution >= 4 is 11.8 Å². The first-order valence-corrected chi connectivity index (χ1v) is 7.45. The van der Waals surface area contributed by atoms with Gasteiger partial charge >= 0.3 is 0 Å². The van der Waals surface area contributed by atoms with Crippen molar-refractivity contribution in [2.24, 2.45) is 11.7 Å². The molecule has 2 rings (SSSR count). The summed E-state index contributed by atoms with van der Waals surface area (Å²) < 4.78 is 0. The molecule has 0 aromatic carbocycles. The summed E-state index contributed by atoms with van der Waals surface area (Å²) in [6, 6.07) is -0.635. The summed E-state index contributed by atoms with van der Waals surface area (Å²) in [7, 11) is 0. The Labute approximate surface area is 124 Å². The van der Waals surface area contributed by atoms with Gasteiger partial charge in [-0.1, -0.05) is 32.1 Å². The van der Waals surface area contributed by atoms with Crippen molar-refractivity contribution in [2.45, 2.75) is 51.5 Å². The third-order valence-corrected chi connectivity index (χ3v) is 3.96. The van der Waals surface area contributed by atoms with Crippen molar-refractivity contribution in [1.29, 1.82) is 0 Å². The van der Waals surface area contributed by atoms with E-state index in [1.54, 1.807) is 6.92 Å². The van der Waals surface area contributed by atoms with Crippen molar-refractivity contribution in [3.63, 3.8) is 0 Å². The van der Waals surface area contributed by atoms with Crippen molar-refractivity contribution in [3.8, 4) is 0 Å². The molecule has 0 saturated heterocycles. The third-order valence-electron chi connectivity index (χ3n) is 3.96. The van der Waals surface area contributed by atoms with Crippen molar-refractivity contribution in [1.82, 2.24) is 15.3 Å². The van der Waals surface area contributed by atoms with Crippen LogP contribution in [0.3, 0.4) is 0 Å². The molecule has 1 unspecified atom stereocenters. The molecule has 1 aliphatic rings. The number of carbonyl (C=O) groups excluding carboxylic acids is 2. The Hall–Kier alpha value is -1.98. The van der Waals surface area contributed by atoms with Gasteiger partial charge in [0.25, 0.3) is 5.91 Å². The average molecular weight is 290 g/mol. The number of hydrogen-bond acceptors (Lipinski definition) is 4. The van der Waals surface area contributed by atoms with Crippen molar-refractivity contribution < 1.29 is 9.59 Å². The molecule has 1 aromatic heterocycles. The van der Waals surface area contributed by atoms with E-state index >= 15 is 0 Å². The molecule has 1 fully saturated rings. The molecule has 0 spiro atoms. The van der Waals surface area contributed by atoms with Gasteiger partial charge in [-0.3, -0.25) is 14.6 Å². The molecule has 1 aromatic rings. The largest absolute Gasteiger partial charge is 0.368 e. The van der Waals surface area contributed by atoms with E-state index in [0.717, 1.165) is 18.5 Å². The maximum absolute atomic E-state index is 12.1. The Balaban J connectivity index is 1.96. The van der Waals surface area contributed by atoms with E-state index in [9.17, 15) is 9.59 Å². The quantitative estimate of drug-likeness (QED) is 0.855. The zero-order valence-corrected chi connectivity index (χ0v) is 12.3. The summed E-state index contributed by atoms with van der Waals surface area (Å²) in [5.41, 5.74) is 6.36. The number of carbonyl (C=O) groups is 2. The van der Waals surface area contributed by atoms with Gasteiger partial charge in [0, 0.05) is 6.20 Å². The molecule has 114 valence electrons. The Morgan fingerprint density at radius 3 is 2.57 bits per heavy atom. The van der Waals surface area contributed by atoms with Crippen LogP contribution in [0.2, 0.25) is 0 Å². The van der Waals surface area contributed by atoms with Gasteiger partial charge in [0.1, 0.15) is 11.7 Å². The zero-order chi connectivity index (χ0) is 15.2. The van der Waals surface area contributed by atoms with Crippen LogP contribution in [-0.4, -0.2) is 27.8 Å². The minimum absolute atomic E-state index is 0.204. The van der Waals surface area contributed by atoms with Crippen LogP contribution in [0.25, 0.3) is 0 Å². The smallest absolute Gasteiger partial charge is 0.272 e. The number of hydrogen-bond donors (Lipinski definition) is 2. The second-order valence-corrected chi connectivity index (χ2v) is 5.71. The van der Waals surface area contributed by atoms with Gasteiger partial charge in [0.15, 0.2) is 0 Å². The summed E-state index contributed by atoms with van der Waals surface area (Å²) in [6.07, 6.45) is 9.37. The summed E-state index contributed by atoms with van der Waals surface area (Å²) in [4.78, 5) is 31.7. The van der Waals surface area contributed by atoms with Crippen LogP contribution in [-0.2, 0) is 4.79 Å². The minimum Gasteiger partial charge on any atom is -0.368 e. The zero-order valence-electron chi connectivity index (χ0n) is 12.3. The van der Waals surface area contributed by atoms with Gasteiger partial charge in [0.05, 0.1) is 11.9 Å². The second kappa shape index (κ2) is 7.15. The van der Waals surface area contributed by atoms with Crippen LogP contribution in [0.15, 0.2) is 12.4 Å².